The number of aromatic nitrogens is 2. The summed E-state index contributed by atoms with van der Waals surface area (Å²) in [5.74, 6) is 0.0382. The van der Waals surface area contributed by atoms with Crippen molar-refractivity contribution in [3.8, 4) is 11.5 Å². The molecule has 0 spiro atoms. The molecule has 0 unspecified atom stereocenters. The molecule has 1 amide bonds. The van der Waals surface area contributed by atoms with Crippen molar-refractivity contribution in [2.24, 2.45) is 0 Å². The Morgan fingerprint density at radius 1 is 0.822 bits per heavy atom. The van der Waals surface area contributed by atoms with Gasteiger partial charge in [0, 0.05) is 35.3 Å². The largest absolute Gasteiger partial charge is 0.508 e. The predicted octanol–water partition coefficient (Wildman–Crippen LogP) is 6.24. The molecule has 0 bridgehead atoms. The van der Waals surface area contributed by atoms with Crippen molar-refractivity contribution in [2.75, 3.05) is 34.3 Å². The van der Waals surface area contributed by atoms with Gasteiger partial charge in [-0.3, -0.25) is 9.52 Å². The second-order valence-corrected chi connectivity index (χ2v) is 13.0. The van der Waals surface area contributed by atoms with Crippen LogP contribution in [0.25, 0.3) is 11.0 Å². The van der Waals surface area contributed by atoms with Crippen LogP contribution in [0.4, 0.5) is 28.7 Å². The monoisotopic (exact) mass is 626 g/mol. The molecule has 1 heterocycles. The Morgan fingerprint density at radius 2 is 1.51 bits per heavy atom. The number of methoxy groups -OCH3 is 1. The van der Waals surface area contributed by atoms with Crippen molar-refractivity contribution in [1.82, 2.24) is 9.97 Å². The molecule has 4 aromatic carbocycles. The molecule has 0 fully saturated rings. The quantitative estimate of drug-likeness (QED) is 0.121. The highest BCUT2D eigenvalue weighted by molar-refractivity contribution is 7.92. The van der Waals surface area contributed by atoms with Gasteiger partial charge in [0.2, 0.25) is 5.91 Å². The molecule has 0 saturated heterocycles. The van der Waals surface area contributed by atoms with Crippen LogP contribution in [0, 0.1) is 0 Å². The Hall–Kier alpha value is -5.36. The maximum absolute atomic E-state index is 13.6. The Bertz CT molecular complexity index is 1970. The third-order valence-corrected chi connectivity index (χ3v) is 8.14. The highest BCUT2D eigenvalue weighted by Gasteiger charge is 2.20. The predicted molar refractivity (Wildman–Crippen MR) is 177 cm³/mol. The number of amides is 1. The first-order valence-corrected chi connectivity index (χ1v) is 15.6. The molecule has 0 atom stereocenters. The minimum Gasteiger partial charge on any atom is -0.508 e. The van der Waals surface area contributed by atoms with Crippen LogP contribution in [0.3, 0.4) is 0 Å². The van der Waals surface area contributed by atoms with E-state index in [-0.39, 0.29) is 40.1 Å². The lowest BCUT2D eigenvalue weighted by Gasteiger charge is -2.20. The van der Waals surface area contributed by atoms with Crippen LogP contribution in [-0.2, 0) is 20.2 Å². The molecule has 12 heteroatoms. The van der Waals surface area contributed by atoms with Crippen molar-refractivity contribution in [2.45, 2.75) is 31.1 Å². The smallest absolute Gasteiger partial charge is 0.263 e. The Balaban J connectivity index is 1.35. The zero-order chi connectivity index (χ0) is 32.2. The second kappa shape index (κ2) is 12.7. The lowest BCUT2D eigenvalue weighted by atomic mass is 9.87. The van der Waals surface area contributed by atoms with E-state index in [4.69, 9.17) is 4.74 Å². The lowest BCUT2D eigenvalue weighted by molar-refractivity contribution is -0.114. The van der Waals surface area contributed by atoms with E-state index in [0.717, 1.165) is 11.3 Å². The third-order valence-electron chi connectivity index (χ3n) is 6.80. The molecular formula is C33H34N6O5S. The molecular weight excluding hydrogens is 592 g/mol. The molecule has 5 N–H and O–H groups in total. The number of ether oxygens (including phenoxy) is 1. The maximum Gasteiger partial charge on any atom is 0.263 e. The van der Waals surface area contributed by atoms with Gasteiger partial charge in [-0.05, 0) is 53.4 Å². The van der Waals surface area contributed by atoms with Gasteiger partial charge in [0.25, 0.3) is 10.0 Å². The van der Waals surface area contributed by atoms with Gasteiger partial charge >= 0.3 is 0 Å². The molecule has 11 nitrogen and oxygen atoms in total. The average molecular weight is 627 g/mol. The Kier molecular flexibility index (Phi) is 8.77. The van der Waals surface area contributed by atoms with Crippen molar-refractivity contribution < 1.29 is 23.1 Å². The number of carbonyl (C=O) groups is 1. The van der Waals surface area contributed by atoms with Crippen molar-refractivity contribution in [1.29, 1.82) is 0 Å². The molecule has 5 aromatic rings. The maximum atomic E-state index is 13.6. The number of nitrogens with zero attached hydrogens (tertiary/aromatic N) is 2. The fourth-order valence-electron chi connectivity index (χ4n) is 4.48. The highest BCUT2D eigenvalue weighted by Crippen LogP contribution is 2.31. The van der Waals surface area contributed by atoms with Crippen LogP contribution >= 0.6 is 0 Å². The Labute approximate surface area is 261 Å². The molecule has 0 aliphatic rings. The fraction of sp³-hybridized carbons (Fsp3) is 0.182. The van der Waals surface area contributed by atoms with E-state index in [9.17, 15) is 18.3 Å². The van der Waals surface area contributed by atoms with Gasteiger partial charge in [0.1, 0.15) is 11.5 Å². The molecule has 0 saturated carbocycles. The first kappa shape index (κ1) is 31.1. The van der Waals surface area contributed by atoms with Gasteiger partial charge in [0.15, 0.2) is 11.6 Å². The number of anilines is 5. The number of phenolic OH excluding ortho intramolecular Hbond substituents is 1. The zero-order valence-corrected chi connectivity index (χ0v) is 26.1. The number of rotatable bonds is 10. The first-order chi connectivity index (χ1) is 21.4. The number of phenols is 1. The number of nitrogens with one attached hydrogen (secondary N) is 4. The van der Waals surface area contributed by atoms with Crippen LogP contribution in [0.15, 0.2) is 95.9 Å². The molecule has 0 radical (unpaired) electrons. The normalized spacial score (nSPS) is 11.6. The minimum atomic E-state index is -4.18. The van der Waals surface area contributed by atoms with E-state index in [2.05, 4.69) is 51.4 Å². The average Bonchev–Trinajstić information content (AvgIpc) is 3.00. The van der Waals surface area contributed by atoms with Crippen LogP contribution in [0.2, 0.25) is 0 Å². The molecule has 5 rings (SSSR count). The van der Waals surface area contributed by atoms with E-state index in [1.807, 2.05) is 24.3 Å². The number of sulfonamides is 1. The van der Waals surface area contributed by atoms with E-state index in [1.165, 1.54) is 37.4 Å². The van der Waals surface area contributed by atoms with Crippen molar-refractivity contribution >= 4 is 55.7 Å². The highest BCUT2D eigenvalue weighted by atomic mass is 32.2. The van der Waals surface area contributed by atoms with Crippen molar-refractivity contribution in [3.05, 3.63) is 96.6 Å². The van der Waals surface area contributed by atoms with Crippen LogP contribution in [-0.4, -0.2) is 43.1 Å². The van der Waals surface area contributed by atoms with Gasteiger partial charge in [-0.1, -0.05) is 51.1 Å². The number of carbonyl (C=O) groups excluding carboxylic acids is 1. The summed E-state index contributed by atoms with van der Waals surface area (Å²) in [4.78, 5) is 21.7. The number of para-hydroxylation sites is 2. The van der Waals surface area contributed by atoms with Gasteiger partial charge < -0.3 is 25.8 Å². The molecule has 0 aliphatic carbocycles. The number of fused-ring (bicyclic) bond motifs is 1. The number of benzene rings is 4. The molecule has 1 aromatic heterocycles. The van der Waals surface area contributed by atoms with Gasteiger partial charge in [-0.25, -0.2) is 18.4 Å². The molecule has 45 heavy (non-hydrogen) atoms. The van der Waals surface area contributed by atoms with Gasteiger partial charge in [-0.2, -0.15) is 0 Å². The number of aromatic hydroxyl groups is 1. The SMILES string of the molecule is COc1cc(O)cc(Nc2nc3ccccc3nc2NS(=O)(=O)c2cccc(NC(=O)CNc3cccc(C(C)(C)C)c3)c2)c1. The van der Waals surface area contributed by atoms with Gasteiger partial charge in [-0.15, -0.1) is 0 Å². The van der Waals surface area contributed by atoms with Crippen LogP contribution < -0.4 is 25.4 Å². The summed E-state index contributed by atoms with van der Waals surface area (Å²) >= 11 is 0. The fourth-order valence-corrected chi connectivity index (χ4v) is 5.53. The van der Waals surface area contributed by atoms with Crippen molar-refractivity contribution in [3.63, 3.8) is 0 Å². The topological polar surface area (TPSA) is 155 Å². The zero-order valence-electron chi connectivity index (χ0n) is 25.3. The second-order valence-electron chi connectivity index (χ2n) is 11.3. The summed E-state index contributed by atoms with van der Waals surface area (Å²) in [5, 5.41) is 19.0. The minimum absolute atomic E-state index is 0.00957. The van der Waals surface area contributed by atoms with Crippen LogP contribution in [0.5, 0.6) is 11.5 Å². The Morgan fingerprint density at radius 3 is 2.22 bits per heavy atom. The third kappa shape index (κ3) is 7.78. The van der Waals surface area contributed by atoms with E-state index < -0.39 is 10.0 Å². The standard InChI is InChI=1S/C33H34N6O5S/c1-33(2,3)21-9-7-10-22(15-21)34-20-30(41)35-23-11-8-12-27(18-23)45(42,43)39-32-31(37-28-13-5-6-14-29(28)38-32)36-24-16-25(40)19-26(17-24)44-4/h5-19,34,40H,20H2,1-4H3,(H,35,41)(H,36,37)(H,38,39). The molecule has 0 aliphatic heterocycles. The summed E-state index contributed by atoms with van der Waals surface area (Å²) in [6.45, 7) is 6.34. The van der Waals surface area contributed by atoms with E-state index in [0.29, 0.717) is 28.2 Å². The lowest BCUT2D eigenvalue weighted by Crippen LogP contribution is -2.22. The summed E-state index contributed by atoms with van der Waals surface area (Å²) in [6.07, 6.45) is 0. The number of hydrogen-bond acceptors (Lipinski definition) is 9. The van der Waals surface area contributed by atoms with E-state index >= 15 is 0 Å². The van der Waals surface area contributed by atoms with Gasteiger partial charge in [0.05, 0.1) is 29.6 Å². The first-order valence-electron chi connectivity index (χ1n) is 14.1. The van der Waals surface area contributed by atoms with Crippen LogP contribution in [0.1, 0.15) is 26.3 Å². The van der Waals surface area contributed by atoms with E-state index in [1.54, 1.807) is 36.4 Å². The summed E-state index contributed by atoms with van der Waals surface area (Å²) < 4.78 is 34.9. The number of hydrogen-bond donors (Lipinski definition) is 5. The summed E-state index contributed by atoms with van der Waals surface area (Å²) in [7, 11) is -2.72. The summed E-state index contributed by atoms with van der Waals surface area (Å²) in [5.41, 5.74) is 3.61. The summed E-state index contributed by atoms with van der Waals surface area (Å²) in [6, 6.07) is 25.3. The molecule has 232 valence electrons.